The van der Waals surface area contributed by atoms with Gasteiger partial charge in [-0.05, 0) is 53.3 Å². The van der Waals surface area contributed by atoms with Gasteiger partial charge in [0.25, 0.3) is 5.91 Å². The number of carbonyl (C=O) groups is 2. The molecule has 0 aliphatic rings. The summed E-state index contributed by atoms with van der Waals surface area (Å²) in [5.74, 6) is -1.66. The van der Waals surface area contributed by atoms with Gasteiger partial charge in [-0.15, -0.1) is 0 Å². The first-order valence-corrected chi connectivity index (χ1v) is 10.7. The van der Waals surface area contributed by atoms with Crippen molar-refractivity contribution in [3.05, 3.63) is 113 Å². The number of aromatic carboxylic acids is 1. The molecule has 4 aromatic rings. The quantitative estimate of drug-likeness (QED) is 0.389. The standard InChI is InChI=1S/C27H23FN2O3/c1-2-25(19-10-12-23(28)13-11-19)30(17-18-6-5-9-21(14-18)27(32)33)26(31)24-15-20-7-3-4-8-22(20)16-29-24/h3-16,25H,2,17H2,1H3,(H,32,33)/t25-/m1/s1. The average molecular weight is 442 g/mol. The van der Waals surface area contributed by atoms with E-state index in [1.54, 1.807) is 47.5 Å². The minimum Gasteiger partial charge on any atom is -0.478 e. The molecule has 5 nitrogen and oxygen atoms in total. The van der Waals surface area contributed by atoms with Crippen molar-refractivity contribution in [3.8, 4) is 0 Å². The second-order valence-electron chi connectivity index (χ2n) is 7.83. The maximum Gasteiger partial charge on any atom is 0.335 e. The molecule has 1 N–H and O–H groups in total. The van der Waals surface area contributed by atoms with Crippen molar-refractivity contribution in [1.82, 2.24) is 9.88 Å². The maximum absolute atomic E-state index is 13.7. The van der Waals surface area contributed by atoms with Crippen LogP contribution in [0.4, 0.5) is 4.39 Å². The second kappa shape index (κ2) is 9.61. The third-order valence-corrected chi connectivity index (χ3v) is 5.66. The van der Waals surface area contributed by atoms with Crippen LogP contribution in [0.15, 0.2) is 85.1 Å². The number of carbonyl (C=O) groups excluding carboxylic acids is 1. The zero-order valence-electron chi connectivity index (χ0n) is 18.1. The van der Waals surface area contributed by atoms with Crippen LogP contribution >= 0.6 is 0 Å². The minimum atomic E-state index is -1.03. The zero-order valence-corrected chi connectivity index (χ0v) is 18.1. The van der Waals surface area contributed by atoms with E-state index in [9.17, 15) is 19.1 Å². The predicted octanol–water partition coefficient (Wildman–Crippen LogP) is 5.87. The van der Waals surface area contributed by atoms with Crippen molar-refractivity contribution >= 4 is 22.6 Å². The maximum atomic E-state index is 13.7. The molecule has 0 bridgehead atoms. The summed E-state index contributed by atoms with van der Waals surface area (Å²) in [6.45, 7) is 2.14. The number of nitrogens with zero attached hydrogens (tertiary/aromatic N) is 2. The van der Waals surface area contributed by atoms with Crippen molar-refractivity contribution in [3.63, 3.8) is 0 Å². The number of rotatable bonds is 7. The van der Waals surface area contributed by atoms with Crippen LogP contribution in [0.1, 0.15) is 51.4 Å². The lowest BCUT2D eigenvalue weighted by molar-refractivity contribution is 0.0646. The molecule has 166 valence electrons. The van der Waals surface area contributed by atoms with Crippen LogP contribution in [0.2, 0.25) is 0 Å². The smallest absolute Gasteiger partial charge is 0.335 e. The van der Waals surface area contributed by atoms with E-state index in [0.29, 0.717) is 17.7 Å². The van der Waals surface area contributed by atoms with Gasteiger partial charge in [0, 0.05) is 18.1 Å². The fraction of sp³-hybridized carbons (Fsp3) is 0.148. The highest BCUT2D eigenvalue weighted by molar-refractivity contribution is 5.96. The monoisotopic (exact) mass is 442 g/mol. The number of aromatic nitrogens is 1. The highest BCUT2D eigenvalue weighted by atomic mass is 19.1. The molecular weight excluding hydrogens is 419 g/mol. The molecule has 1 atom stereocenters. The number of benzene rings is 3. The SMILES string of the molecule is CC[C@H](c1ccc(F)cc1)N(Cc1cccc(C(=O)O)c1)C(=O)c1cc2ccccc2cn1. The van der Waals surface area contributed by atoms with Gasteiger partial charge in [0.1, 0.15) is 11.5 Å². The van der Waals surface area contributed by atoms with Crippen molar-refractivity contribution in [2.75, 3.05) is 0 Å². The Hall–Kier alpha value is -4.06. The number of carboxylic acid groups (broad SMARTS) is 1. The second-order valence-corrected chi connectivity index (χ2v) is 7.83. The molecule has 0 aliphatic heterocycles. The van der Waals surface area contributed by atoms with Gasteiger partial charge in [-0.2, -0.15) is 0 Å². The van der Waals surface area contributed by atoms with Gasteiger partial charge in [0.2, 0.25) is 0 Å². The number of hydrogen-bond acceptors (Lipinski definition) is 3. The highest BCUT2D eigenvalue weighted by Gasteiger charge is 2.26. The van der Waals surface area contributed by atoms with Crippen LogP contribution in [0.25, 0.3) is 10.8 Å². The van der Waals surface area contributed by atoms with Crippen molar-refractivity contribution < 1.29 is 19.1 Å². The topological polar surface area (TPSA) is 70.5 Å². The molecule has 3 aromatic carbocycles. The van der Waals surface area contributed by atoms with Crippen LogP contribution in [0.3, 0.4) is 0 Å². The van der Waals surface area contributed by atoms with E-state index in [-0.39, 0.29) is 29.9 Å². The summed E-state index contributed by atoms with van der Waals surface area (Å²) in [7, 11) is 0. The van der Waals surface area contributed by atoms with Gasteiger partial charge in [-0.1, -0.05) is 55.5 Å². The molecular formula is C27H23FN2O3. The molecule has 1 amide bonds. The normalized spacial score (nSPS) is 11.8. The third kappa shape index (κ3) is 4.90. The molecule has 33 heavy (non-hydrogen) atoms. The average Bonchev–Trinajstić information content (AvgIpc) is 2.84. The Kier molecular flexibility index (Phi) is 6.45. The number of fused-ring (bicyclic) bond motifs is 1. The fourth-order valence-corrected chi connectivity index (χ4v) is 3.99. The molecule has 1 aromatic heterocycles. The Balaban J connectivity index is 1.76. The Labute approximate surface area is 191 Å². The lowest BCUT2D eigenvalue weighted by atomic mass is 10.0. The van der Waals surface area contributed by atoms with Gasteiger partial charge in [0.15, 0.2) is 0 Å². The molecule has 1 heterocycles. The number of amides is 1. The highest BCUT2D eigenvalue weighted by Crippen LogP contribution is 2.29. The van der Waals surface area contributed by atoms with Crippen LogP contribution in [0.5, 0.6) is 0 Å². The summed E-state index contributed by atoms with van der Waals surface area (Å²) >= 11 is 0. The van der Waals surface area contributed by atoms with E-state index in [2.05, 4.69) is 4.98 Å². The summed E-state index contributed by atoms with van der Waals surface area (Å²) in [6.07, 6.45) is 2.26. The van der Waals surface area contributed by atoms with Gasteiger partial charge in [-0.3, -0.25) is 9.78 Å². The Morgan fingerprint density at radius 1 is 0.970 bits per heavy atom. The third-order valence-electron chi connectivity index (χ3n) is 5.66. The predicted molar refractivity (Wildman–Crippen MR) is 124 cm³/mol. The van der Waals surface area contributed by atoms with Gasteiger partial charge >= 0.3 is 5.97 Å². The first-order valence-electron chi connectivity index (χ1n) is 10.7. The number of carboxylic acids is 1. The van der Waals surface area contributed by atoms with Crippen molar-refractivity contribution in [1.29, 1.82) is 0 Å². The van der Waals surface area contributed by atoms with Gasteiger partial charge < -0.3 is 10.0 Å². The van der Waals surface area contributed by atoms with Gasteiger partial charge in [0.05, 0.1) is 11.6 Å². The van der Waals surface area contributed by atoms with Crippen molar-refractivity contribution in [2.45, 2.75) is 25.9 Å². The first-order chi connectivity index (χ1) is 16.0. The molecule has 4 rings (SSSR count). The Bertz CT molecular complexity index is 1300. The summed E-state index contributed by atoms with van der Waals surface area (Å²) in [5, 5.41) is 11.2. The molecule has 0 radical (unpaired) electrons. The molecule has 0 saturated heterocycles. The zero-order chi connectivity index (χ0) is 23.4. The lowest BCUT2D eigenvalue weighted by Gasteiger charge is -2.32. The number of halogens is 1. The Morgan fingerprint density at radius 2 is 1.70 bits per heavy atom. The van der Waals surface area contributed by atoms with Crippen LogP contribution in [0, 0.1) is 5.82 Å². The number of hydrogen-bond donors (Lipinski definition) is 1. The molecule has 0 fully saturated rings. The lowest BCUT2D eigenvalue weighted by Crippen LogP contribution is -2.35. The molecule has 0 aliphatic carbocycles. The Morgan fingerprint density at radius 3 is 2.39 bits per heavy atom. The van der Waals surface area contributed by atoms with Crippen LogP contribution < -0.4 is 0 Å². The summed E-state index contributed by atoms with van der Waals surface area (Å²) in [6, 6.07) is 21.7. The van der Waals surface area contributed by atoms with E-state index < -0.39 is 5.97 Å². The minimum absolute atomic E-state index is 0.151. The van der Waals surface area contributed by atoms with E-state index >= 15 is 0 Å². The number of pyridine rings is 1. The van der Waals surface area contributed by atoms with E-state index in [0.717, 1.165) is 16.3 Å². The molecule has 6 heteroatoms. The fourth-order valence-electron chi connectivity index (χ4n) is 3.99. The summed E-state index contributed by atoms with van der Waals surface area (Å²) < 4.78 is 13.5. The summed E-state index contributed by atoms with van der Waals surface area (Å²) in [5.41, 5.74) is 1.93. The van der Waals surface area contributed by atoms with Gasteiger partial charge in [-0.25, -0.2) is 9.18 Å². The van der Waals surface area contributed by atoms with E-state index in [4.69, 9.17) is 0 Å². The largest absolute Gasteiger partial charge is 0.478 e. The first kappa shape index (κ1) is 22.1. The van der Waals surface area contributed by atoms with Crippen molar-refractivity contribution in [2.24, 2.45) is 0 Å². The van der Waals surface area contributed by atoms with Crippen LogP contribution in [-0.4, -0.2) is 26.9 Å². The van der Waals surface area contributed by atoms with Crippen LogP contribution in [-0.2, 0) is 6.54 Å². The molecule has 0 unspecified atom stereocenters. The molecule has 0 saturated carbocycles. The molecule has 0 spiro atoms. The van der Waals surface area contributed by atoms with E-state index in [1.807, 2.05) is 31.2 Å². The summed E-state index contributed by atoms with van der Waals surface area (Å²) in [4.78, 5) is 31.2. The van der Waals surface area contributed by atoms with E-state index in [1.165, 1.54) is 18.2 Å².